The van der Waals surface area contributed by atoms with Crippen LogP contribution >= 0.6 is 15.9 Å². The third kappa shape index (κ3) is 3.62. The van der Waals surface area contributed by atoms with E-state index < -0.39 is 5.97 Å². The number of imidazole rings is 1. The summed E-state index contributed by atoms with van der Waals surface area (Å²) in [5.74, 6) is -0.895. The summed E-state index contributed by atoms with van der Waals surface area (Å²) in [5, 5.41) is 10.4. The highest BCUT2D eigenvalue weighted by Gasteiger charge is 2.22. The standard InChI is InChI=1S/C22H22BrN3O3/c1-2-5-16(11-21(27)28)26-20-7-4-3-6-19(20)25(22(26)29)13-14-12-24-18-9-8-15(23)10-17(14)18/h3-4,6-10,12,16,24H,2,5,11,13H2,1H3,(H,27,28). The Bertz CT molecular complexity index is 1250. The average Bonchev–Trinajstić information content (AvgIpc) is 3.20. The number of carboxylic acid groups (broad SMARTS) is 1. The SMILES string of the molecule is CCCC(CC(=O)O)n1c(=O)n(Cc2c[nH]c3ccc(Br)cc23)c2ccccc21. The van der Waals surface area contributed by atoms with Crippen LogP contribution in [0.5, 0.6) is 0 Å². The van der Waals surface area contributed by atoms with Gasteiger partial charge in [0.15, 0.2) is 0 Å². The van der Waals surface area contributed by atoms with Gasteiger partial charge in [0.25, 0.3) is 0 Å². The maximum Gasteiger partial charge on any atom is 0.329 e. The van der Waals surface area contributed by atoms with E-state index in [4.69, 9.17) is 0 Å². The van der Waals surface area contributed by atoms with Gasteiger partial charge in [-0.15, -0.1) is 0 Å². The normalized spacial score (nSPS) is 12.6. The molecule has 0 aliphatic heterocycles. The van der Waals surface area contributed by atoms with Crippen LogP contribution in [0.3, 0.4) is 0 Å². The molecule has 2 N–H and O–H groups in total. The molecule has 6 nitrogen and oxygen atoms in total. The van der Waals surface area contributed by atoms with Crippen molar-refractivity contribution in [1.29, 1.82) is 0 Å². The monoisotopic (exact) mass is 455 g/mol. The lowest BCUT2D eigenvalue weighted by atomic mass is 10.1. The number of aromatic amines is 1. The number of hydrogen-bond donors (Lipinski definition) is 2. The molecule has 0 saturated heterocycles. The van der Waals surface area contributed by atoms with Crippen molar-refractivity contribution in [3.8, 4) is 0 Å². The summed E-state index contributed by atoms with van der Waals surface area (Å²) in [6, 6.07) is 13.2. The van der Waals surface area contributed by atoms with Crippen LogP contribution in [0.2, 0.25) is 0 Å². The van der Waals surface area contributed by atoms with Gasteiger partial charge in [-0.25, -0.2) is 4.79 Å². The van der Waals surface area contributed by atoms with Crippen LogP contribution in [-0.2, 0) is 11.3 Å². The number of aromatic nitrogens is 3. The summed E-state index contributed by atoms with van der Waals surface area (Å²) in [5.41, 5.74) is 3.44. The Hall–Kier alpha value is -2.80. The van der Waals surface area contributed by atoms with Crippen LogP contribution in [0.1, 0.15) is 37.8 Å². The van der Waals surface area contributed by atoms with E-state index in [1.807, 2.05) is 55.6 Å². The van der Waals surface area contributed by atoms with Crippen molar-refractivity contribution in [3.05, 3.63) is 69.2 Å². The first-order valence-corrected chi connectivity index (χ1v) is 10.5. The predicted octanol–water partition coefficient (Wildman–Crippen LogP) is 4.91. The number of nitrogens with one attached hydrogen (secondary N) is 1. The molecule has 7 heteroatoms. The smallest absolute Gasteiger partial charge is 0.329 e. The number of fused-ring (bicyclic) bond motifs is 2. The van der Waals surface area contributed by atoms with E-state index in [0.717, 1.165) is 38.4 Å². The summed E-state index contributed by atoms with van der Waals surface area (Å²) >= 11 is 3.51. The zero-order valence-electron chi connectivity index (χ0n) is 16.1. The first kappa shape index (κ1) is 19.5. The summed E-state index contributed by atoms with van der Waals surface area (Å²) in [6.45, 7) is 2.41. The molecule has 0 aliphatic rings. The number of H-pyrrole nitrogens is 1. The zero-order valence-corrected chi connectivity index (χ0v) is 17.6. The van der Waals surface area contributed by atoms with E-state index in [0.29, 0.717) is 13.0 Å². The van der Waals surface area contributed by atoms with E-state index in [1.54, 1.807) is 9.13 Å². The molecule has 1 unspecified atom stereocenters. The van der Waals surface area contributed by atoms with Gasteiger partial charge in [-0.2, -0.15) is 0 Å². The molecular formula is C22H22BrN3O3. The second-order valence-electron chi connectivity index (χ2n) is 7.27. The van der Waals surface area contributed by atoms with Gasteiger partial charge >= 0.3 is 11.7 Å². The molecular weight excluding hydrogens is 434 g/mol. The minimum Gasteiger partial charge on any atom is -0.481 e. The third-order valence-electron chi connectivity index (χ3n) is 5.32. The van der Waals surface area contributed by atoms with Crippen molar-refractivity contribution < 1.29 is 9.90 Å². The molecule has 0 spiro atoms. The summed E-state index contributed by atoms with van der Waals surface area (Å²) in [7, 11) is 0. The third-order valence-corrected chi connectivity index (χ3v) is 5.82. The number of rotatable bonds is 7. The lowest BCUT2D eigenvalue weighted by molar-refractivity contribution is -0.137. The number of aliphatic carboxylic acids is 1. The van der Waals surface area contributed by atoms with Gasteiger partial charge in [0.1, 0.15) is 0 Å². The molecule has 0 bridgehead atoms. The Morgan fingerprint density at radius 2 is 1.97 bits per heavy atom. The van der Waals surface area contributed by atoms with E-state index in [9.17, 15) is 14.7 Å². The first-order chi connectivity index (χ1) is 14.0. The first-order valence-electron chi connectivity index (χ1n) is 9.66. The predicted molar refractivity (Wildman–Crippen MR) is 117 cm³/mol. The van der Waals surface area contributed by atoms with Gasteiger partial charge in [-0.3, -0.25) is 13.9 Å². The highest BCUT2D eigenvalue weighted by Crippen LogP contribution is 2.26. The fourth-order valence-corrected chi connectivity index (χ4v) is 4.41. The molecule has 150 valence electrons. The maximum atomic E-state index is 13.4. The fourth-order valence-electron chi connectivity index (χ4n) is 4.05. The molecule has 1 atom stereocenters. The van der Waals surface area contributed by atoms with Gasteiger partial charge in [0, 0.05) is 27.6 Å². The van der Waals surface area contributed by atoms with Crippen molar-refractivity contribution >= 4 is 43.8 Å². The number of benzene rings is 2. The number of para-hydroxylation sites is 2. The van der Waals surface area contributed by atoms with Crippen molar-refractivity contribution in [2.24, 2.45) is 0 Å². The molecule has 2 heterocycles. The minimum atomic E-state index is -0.895. The summed E-state index contributed by atoms with van der Waals surface area (Å²) in [4.78, 5) is 28.1. The number of hydrogen-bond acceptors (Lipinski definition) is 2. The van der Waals surface area contributed by atoms with Crippen LogP contribution in [0, 0.1) is 0 Å². The average molecular weight is 456 g/mol. The lowest BCUT2D eigenvalue weighted by Gasteiger charge is -2.15. The molecule has 0 saturated carbocycles. The van der Waals surface area contributed by atoms with Gasteiger partial charge in [-0.1, -0.05) is 41.4 Å². The number of carboxylic acids is 1. The van der Waals surface area contributed by atoms with E-state index >= 15 is 0 Å². The van der Waals surface area contributed by atoms with Crippen LogP contribution in [0.15, 0.2) is 57.9 Å². The van der Waals surface area contributed by atoms with Gasteiger partial charge in [0.05, 0.1) is 24.0 Å². The topological polar surface area (TPSA) is 80.0 Å². The maximum absolute atomic E-state index is 13.4. The highest BCUT2D eigenvalue weighted by molar-refractivity contribution is 9.10. The Morgan fingerprint density at radius 3 is 2.69 bits per heavy atom. The molecule has 29 heavy (non-hydrogen) atoms. The van der Waals surface area contributed by atoms with Crippen molar-refractivity contribution in [3.63, 3.8) is 0 Å². The Balaban J connectivity index is 1.87. The molecule has 2 aromatic heterocycles. The second kappa shape index (κ2) is 7.91. The van der Waals surface area contributed by atoms with E-state index in [2.05, 4.69) is 20.9 Å². The van der Waals surface area contributed by atoms with Crippen LogP contribution in [0.25, 0.3) is 21.9 Å². The molecule has 4 aromatic rings. The highest BCUT2D eigenvalue weighted by atomic mass is 79.9. The zero-order chi connectivity index (χ0) is 20.5. The van der Waals surface area contributed by atoms with Crippen LogP contribution in [0.4, 0.5) is 0 Å². The van der Waals surface area contributed by atoms with Crippen molar-refractivity contribution in [2.75, 3.05) is 0 Å². The van der Waals surface area contributed by atoms with Gasteiger partial charge in [-0.05, 0) is 42.3 Å². The minimum absolute atomic E-state index is 0.0677. The second-order valence-corrected chi connectivity index (χ2v) is 8.19. The summed E-state index contributed by atoms with van der Waals surface area (Å²) in [6.07, 6.45) is 3.30. The fraction of sp³-hybridized carbons (Fsp3) is 0.273. The molecule has 2 aromatic carbocycles. The van der Waals surface area contributed by atoms with E-state index in [-0.39, 0.29) is 18.2 Å². The Kier molecular flexibility index (Phi) is 5.32. The largest absolute Gasteiger partial charge is 0.481 e. The lowest BCUT2D eigenvalue weighted by Crippen LogP contribution is -2.29. The van der Waals surface area contributed by atoms with E-state index in [1.165, 1.54) is 0 Å². The Morgan fingerprint density at radius 1 is 1.21 bits per heavy atom. The molecule has 0 radical (unpaired) electrons. The van der Waals surface area contributed by atoms with Gasteiger partial charge in [0.2, 0.25) is 0 Å². The van der Waals surface area contributed by atoms with Crippen molar-refractivity contribution in [1.82, 2.24) is 14.1 Å². The number of carbonyl (C=O) groups is 1. The molecule has 0 fully saturated rings. The quantitative estimate of drug-likeness (QED) is 0.415. The Labute approximate surface area is 175 Å². The van der Waals surface area contributed by atoms with Crippen LogP contribution in [-0.4, -0.2) is 25.2 Å². The summed E-state index contributed by atoms with van der Waals surface area (Å²) < 4.78 is 4.38. The number of nitrogens with zero attached hydrogens (tertiary/aromatic N) is 2. The molecule has 4 rings (SSSR count). The number of halogens is 1. The molecule has 0 aliphatic carbocycles. The van der Waals surface area contributed by atoms with Gasteiger partial charge < -0.3 is 10.1 Å². The van der Waals surface area contributed by atoms with Crippen LogP contribution < -0.4 is 5.69 Å². The van der Waals surface area contributed by atoms with Crippen molar-refractivity contribution in [2.45, 2.75) is 38.8 Å². The molecule has 0 amide bonds.